The fourth-order valence-electron chi connectivity index (χ4n) is 7.83. The molecule has 1 saturated heterocycles. The second-order valence-corrected chi connectivity index (χ2v) is 22.4. The summed E-state index contributed by atoms with van der Waals surface area (Å²) in [5.74, 6) is 0.247. The van der Waals surface area contributed by atoms with E-state index >= 15 is 0 Å². The van der Waals surface area contributed by atoms with Gasteiger partial charge in [-0.05, 0) is 69.9 Å². The normalized spacial score (nSPS) is 19.1. The maximum atomic E-state index is 12.9. The van der Waals surface area contributed by atoms with E-state index in [9.17, 15) is 56.3 Å². The summed E-state index contributed by atoms with van der Waals surface area (Å²) in [5.41, 5.74) is 2.17. The summed E-state index contributed by atoms with van der Waals surface area (Å²) in [6, 6.07) is 10.1. The van der Waals surface area contributed by atoms with Gasteiger partial charge < -0.3 is 59.0 Å². The summed E-state index contributed by atoms with van der Waals surface area (Å²) in [4.78, 5) is 76.5. The molecule has 5 heterocycles. The van der Waals surface area contributed by atoms with E-state index in [1.165, 1.54) is 35.6 Å². The summed E-state index contributed by atoms with van der Waals surface area (Å²) in [6.45, 7) is 5.99. The molecule has 31 heteroatoms. The maximum absolute atomic E-state index is 12.9. The molecule has 4 aromatic heterocycles. The monoisotopic (exact) mass is 1100 g/mol. The zero-order valence-corrected chi connectivity index (χ0v) is 43.0. The lowest BCUT2D eigenvalue weighted by Gasteiger charge is -2.20. The third-order valence-corrected chi connectivity index (χ3v) is 16.1. The predicted octanol–water partition coefficient (Wildman–Crippen LogP) is 3.45. The van der Waals surface area contributed by atoms with E-state index in [4.69, 9.17) is 18.9 Å². The Kier molecular flexibility index (Phi) is 19.8. The zero-order valence-electron chi connectivity index (χ0n) is 39.5. The Hall–Kier alpha value is -4.86. The van der Waals surface area contributed by atoms with Crippen LogP contribution in [0.2, 0.25) is 0 Å². The van der Waals surface area contributed by atoms with E-state index in [2.05, 4.69) is 43.6 Å². The first-order valence-electron chi connectivity index (χ1n) is 23.0. The van der Waals surface area contributed by atoms with E-state index in [-0.39, 0.29) is 23.5 Å². The number of fused-ring (bicyclic) bond motifs is 2. The van der Waals surface area contributed by atoms with Crippen LogP contribution < -0.4 is 25.7 Å². The number of unbranched alkanes of at least 4 members (excludes halogenated alkanes) is 5. The van der Waals surface area contributed by atoms with E-state index in [0.717, 1.165) is 49.8 Å². The lowest BCUT2D eigenvalue weighted by molar-refractivity contribution is -0.700. The van der Waals surface area contributed by atoms with E-state index in [1.807, 2.05) is 32.0 Å². The highest BCUT2D eigenvalue weighted by molar-refractivity contribution is 7.85. The highest BCUT2D eigenvalue weighted by Gasteiger charge is 2.47. The van der Waals surface area contributed by atoms with Crippen molar-refractivity contribution < 1.29 is 88.1 Å². The number of aryl methyl sites for hydroxylation is 1. The quantitative estimate of drug-likeness (QED) is 0.0117. The van der Waals surface area contributed by atoms with Crippen molar-refractivity contribution in [3.05, 3.63) is 76.9 Å². The van der Waals surface area contributed by atoms with Crippen LogP contribution in [0.5, 0.6) is 0 Å². The average Bonchev–Trinajstić information content (AvgIpc) is 3.86. The Labute approximate surface area is 418 Å². The topological polar surface area (TPSA) is 389 Å². The minimum atomic E-state index is -5.78. The van der Waals surface area contributed by atoms with Crippen LogP contribution in [0.3, 0.4) is 0 Å². The Morgan fingerprint density at radius 1 is 0.904 bits per heavy atom. The van der Waals surface area contributed by atoms with Crippen molar-refractivity contribution in [2.75, 3.05) is 43.0 Å². The molecule has 6 rings (SSSR count). The molecule has 27 nitrogen and oxygen atoms in total. The molecule has 8 N–H and O–H groups in total. The summed E-state index contributed by atoms with van der Waals surface area (Å²) >= 11 is 0. The van der Waals surface area contributed by atoms with Crippen LogP contribution in [0.15, 0.2) is 69.4 Å². The molecule has 400 valence electrons. The number of phosphoric ester groups is 1. The highest BCUT2D eigenvalue weighted by Crippen LogP contribution is 2.66. The van der Waals surface area contributed by atoms with Crippen molar-refractivity contribution in [2.24, 2.45) is 0 Å². The molecule has 0 spiro atoms. The molecule has 1 amide bonds. The molecule has 1 aliphatic rings. The van der Waals surface area contributed by atoms with Gasteiger partial charge in [0.25, 0.3) is 0 Å². The number of imidazole rings is 1. The summed E-state index contributed by atoms with van der Waals surface area (Å²) in [5, 5.41) is 28.1. The SMILES string of the molecule is CCN(CC)c1ccc2cc(/C=C/c3ccc(S(=O)(=O)[O-])c[n+]3CCCCCC(=O)NCCCCCCNc3ncnc4c3ncn4[C@@H]3O[C@H](COP(=O)(O)OP(=O)(O)OP(=O)(O)O)[C@@H](O)[C@H]3O)c(=O)oc2c1. The number of aliphatic hydroxyl groups excluding tert-OH is 2. The standard InChI is InChI=1S/C42H57N8O19P3S/c1-3-48(4-2)31-16-13-28-22-29(42(54)67-33(28)23-31)14-15-30-17-18-32(73(62,63)64)24-49(30)21-11-7-8-12-35(51)43-19-9-5-6-10-20-44-39-36-40(46-26-45-39)50(27-47-36)41-38(53)37(52)34(66-41)25-65-71(58,59)69-72(60,61)68-70(55,56)57/h13-18,22-24,26-27,34,37-38,41,52-53H,3-12,19-21,25H2,1-2H3,(H6-,43,44,45,46,51,55,56,57,58,59,60,61,62,63,64)/t34-,37-,38-,41-/m1/s1. The number of aromatic nitrogens is 5. The number of ether oxygens (including phenoxy) is 1. The molecule has 6 atom stereocenters. The lowest BCUT2D eigenvalue weighted by Crippen LogP contribution is -2.37. The Morgan fingerprint density at radius 3 is 2.34 bits per heavy atom. The van der Waals surface area contributed by atoms with Gasteiger partial charge in [0.2, 0.25) is 11.6 Å². The third kappa shape index (κ3) is 16.3. The second-order valence-electron chi connectivity index (χ2n) is 16.6. The Bertz CT molecular complexity index is 3080. The first-order chi connectivity index (χ1) is 34.5. The summed E-state index contributed by atoms with van der Waals surface area (Å²) in [7, 11) is -21.7. The molecule has 1 aromatic carbocycles. The molecule has 0 radical (unpaired) electrons. The van der Waals surface area contributed by atoms with Crippen molar-refractivity contribution in [2.45, 2.75) is 101 Å². The number of hydrogen-bond acceptors (Lipinski definition) is 20. The van der Waals surface area contributed by atoms with E-state index in [0.29, 0.717) is 61.6 Å². The van der Waals surface area contributed by atoms with Gasteiger partial charge in [0.15, 0.2) is 29.4 Å². The van der Waals surface area contributed by atoms with Gasteiger partial charge >= 0.3 is 29.1 Å². The molecular formula is C42H57N8O19P3S. The molecule has 5 aromatic rings. The zero-order chi connectivity index (χ0) is 53.1. The van der Waals surface area contributed by atoms with Crippen molar-refractivity contribution in [3.8, 4) is 0 Å². The number of phosphoric acid groups is 3. The minimum absolute atomic E-state index is 0.105. The fourth-order valence-corrected chi connectivity index (χ4v) is 11.3. The minimum Gasteiger partial charge on any atom is -0.744 e. The molecular weight excluding hydrogens is 1050 g/mol. The van der Waals surface area contributed by atoms with Gasteiger partial charge in [-0.2, -0.15) is 13.2 Å². The van der Waals surface area contributed by atoms with Crippen LogP contribution in [-0.4, -0.2) is 119 Å². The fraction of sp³-hybridized carbons (Fsp3) is 0.476. The number of nitrogens with zero attached hydrogens (tertiary/aromatic N) is 6. The number of carbonyl (C=O) groups excluding carboxylic acids is 1. The molecule has 1 aliphatic heterocycles. The van der Waals surface area contributed by atoms with Crippen LogP contribution in [0.25, 0.3) is 34.3 Å². The molecule has 0 aliphatic carbocycles. The number of amides is 1. The first-order valence-corrected chi connectivity index (χ1v) is 28.9. The van der Waals surface area contributed by atoms with Crippen LogP contribution in [0, 0.1) is 0 Å². The van der Waals surface area contributed by atoms with Gasteiger partial charge in [-0.3, -0.25) is 13.9 Å². The Balaban J connectivity index is 0.892. The molecule has 0 saturated carbocycles. The van der Waals surface area contributed by atoms with Gasteiger partial charge in [0, 0.05) is 68.3 Å². The van der Waals surface area contributed by atoms with Gasteiger partial charge in [-0.25, -0.2) is 41.9 Å². The summed E-state index contributed by atoms with van der Waals surface area (Å²) < 4.78 is 96.2. The predicted molar refractivity (Wildman–Crippen MR) is 259 cm³/mol. The molecule has 2 unspecified atom stereocenters. The molecule has 0 bridgehead atoms. The van der Waals surface area contributed by atoms with Gasteiger partial charge in [0.05, 0.1) is 18.5 Å². The van der Waals surface area contributed by atoms with Crippen LogP contribution in [0.4, 0.5) is 11.5 Å². The number of benzene rings is 1. The average molecular weight is 1100 g/mol. The van der Waals surface area contributed by atoms with Crippen LogP contribution in [-0.2, 0) is 53.0 Å². The second kappa shape index (κ2) is 25.1. The lowest BCUT2D eigenvalue weighted by atomic mass is 10.1. The van der Waals surface area contributed by atoms with Crippen molar-refractivity contribution in [1.29, 1.82) is 0 Å². The first kappa shape index (κ1) is 57.4. The number of anilines is 2. The van der Waals surface area contributed by atoms with Crippen molar-refractivity contribution in [1.82, 2.24) is 24.8 Å². The molecule has 1 fully saturated rings. The third-order valence-electron chi connectivity index (χ3n) is 11.4. The van der Waals surface area contributed by atoms with E-state index < -0.39 is 75.3 Å². The molecule has 73 heavy (non-hydrogen) atoms. The number of rotatable bonds is 28. The number of nitrogens with one attached hydrogen (secondary N) is 2. The van der Waals surface area contributed by atoms with Gasteiger partial charge in [-0.1, -0.05) is 12.8 Å². The Morgan fingerprint density at radius 2 is 1.63 bits per heavy atom. The number of carbonyl (C=O) groups is 1. The van der Waals surface area contributed by atoms with Crippen molar-refractivity contribution >= 4 is 85.3 Å². The highest BCUT2D eigenvalue weighted by atomic mass is 32.2. The van der Waals surface area contributed by atoms with Crippen molar-refractivity contribution in [3.63, 3.8) is 0 Å². The van der Waals surface area contributed by atoms with Crippen LogP contribution in [0.1, 0.15) is 82.7 Å². The maximum Gasteiger partial charge on any atom is 0.490 e. The smallest absolute Gasteiger partial charge is 0.490 e. The largest absolute Gasteiger partial charge is 0.744 e. The van der Waals surface area contributed by atoms with E-state index in [1.54, 1.807) is 22.8 Å². The van der Waals surface area contributed by atoms with Gasteiger partial charge in [0.1, 0.15) is 51.8 Å². The number of pyridine rings is 1. The number of hydrogen-bond donors (Lipinski definition) is 8. The summed E-state index contributed by atoms with van der Waals surface area (Å²) in [6.07, 6.45) is 5.87. The number of aliphatic hydroxyl groups is 2. The van der Waals surface area contributed by atoms with Crippen LogP contribution >= 0.6 is 23.5 Å². The van der Waals surface area contributed by atoms with Gasteiger partial charge in [-0.15, -0.1) is 0 Å².